The normalized spacial score (nSPS) is 31.6. The quantitative estimate of drug-likeness (QED) is 0.357. The molecule has 7 rings (SSSR count). The summed E-state index contributed by atoms with van der Waals surface area (Å²) in [5, 5.41) is 3.95. The largest absolute Gasteiger partial charge is 0.360 e. The number of carbonyl (C=O) groups excluding carboxylic acids is 2. The molecule has 1 saturated heterocycles. The average molecular weight is 514 g/mol. The molecule has 0 unspecified atom stereocenters. The van der Waals surface area contributed by atoms with Crippen molar-refractivity contribution < 1.29 is 14.1 Å². The van der Waals surface area contributed by atoms with Gasteiger partial charge in [-0.3, -0.25) is 9.59 Å². The van der Waals surface area contributed by atoms with E-state index in [4.69, 9.17) is 4.52 Å². The molecule has 2 amide bonds. The van der Waals surface area contributed by atoms with Gasteiger partial charge in [0.1, 0.15) is 5.76 Å². The van der Waals surface area contributed by atoms with Crippen molar-refractivity contribution in [2.75, 3.05) is 4.90 Å². The summed E-state index contributed by atoms with van der Waals surface area (Å²) in [6.45, 7) is 1.74. The molecule has 29 heavy (non-hydrogen) atoms. The lowest BCUT2D eigenvalue weighted by Gasteiger charge is -2.55. The first-order valence-corrected chi connectivity index (χ1v) is 10.9. The Morgan fingerprint density at radius 3 is 1.62 bits per heavy atom. The molecule has 0 spiro atoms. The lowest BCUT2D eigenvalue weighted by Crippen LogP contribution is -2.56. The van der Waals surface area contributed by atoms with Crippen LogP contribution in [0.15, 0.2) is 59.1 Å². The second kappa shape index (κ2) is 5.46. The van der Waals surface area contributed by atoms with Crippen LogP contribution in [0, 0.1) is 18.8 Å². The highest BCUT2D eigenvalue weighted by Crippen LogP contribution is 2.70. The van der Waals surface area contributed by atoms with Crippen molar-refractivity contribution >= 4 is 49.5 Å². The lowest BCUT2D eigenvalue weighted by atomic mass is 9.54. The maximum Gasteiger partial charge on any atom is 0.241 e. The first-order valence-electron chi connectivity index (χ1n) is 9.29. The van der Waals surface area contributed by atoms with Crippen LogP contribution >= 0.6 is 31.9 Å². The number of alkyl halides is 2. The van der Waals surface area contributed by atoms with E-state index in [1.54, 1.807) is 13.0 Å². The molecule has 3 aromatic rings. The van der Waals surface area contributed by atoms with Gasteiger partial charge < -0.3 is 4.52 Å². The second-order valence-electron chi connectivity index (χ2n) is 7.78. The van der Waals surface area contributed by atoms with Crippen LogP contribution in [-0.4, -0.2) is 17.0 Å². The smallest absolute Gasteiger partial charge is 0.241 e. The van der Waals surface area contributed by atoms with Crippen LogP contribution in [0.5, 0.6) is 0 Å². The van der Waals surface area contributed by atoms with Gasteiger partial charge >= 0.3 is 0 Å². The number of aromatic nitrogens is 1. The van der Waals surface area contributed by atoms with E-state index in [-0.39, 0.29) is 17.6 Å². The highest BCUT2D eigenvalue weighted by Gasteiger charge is 2.72. The van der Waals surface area contributed by atoms with Gasteiger partial charge in [-0.25, -0.2) is 4.90 Å². The Bertz CT molecular complexity index is 1110. The first kappa shape index (κ1) is 17.6. The molecule has 7 heteroatoms. The maximum absolute atomic E-state index is 13.7. The summed E-state index contributed by atoms with van der Waals surface area (Å²) in [6, 6.07) is 17.6. The van der Waals surface area contributed by atoms with Gasteiger partial charge in [0.2, 0.25) is 11.8 Å². The number of anilines is 1. The van der Waals surface area contributed by atoms with Crippen LogP contribution in [0.1, 0.15) is 28.0 Å². The molecular weight excluding hydrogens is 500 g/mol. The van der Waals surface area contributed by atoms with Crippen LogP contribution in [0.2, 0.25) is 0 Å². The Labute approximate surface area is 183 Å². The van der Waals surface area contributed by atoms with Crippen LogP contribution in [-0.2, 0) is 18.2 Å². The Morgan fingerprint density at radius 2 is 1.28 bits per heavy atom. The van der Waals surface area contributed by atoms with Gasteiger partial charge in [-0.1, -0.05) is 85.5 Å². The standard InChI is InChI=1S/C22H14Br2N2O3/c1-11-10-16(25-29-11)26-19(27)17-18(20(26)28)22(24)13-7-3-2-6-12(13)21(17,23)14-8-4-5-9-15(14)22/h2-10,17-18H,1H3/t17-,18+,21?,22?. The van der Waals surface area contributed by atoms with E-state index in [2.05, 4.69) is 37.0 Å². The molecule has 5 nitrogen and oxygen atoms in total. The number of carbonyl (C=O) groups is 2. The number of halogens is 2. The number of imide groups is 1. The van der Waals surface area contributed by atoms with Crippen molar-refractivity contribution in [3.63, 3.8) is 0 Å². The number of benzene rings is 2. The minimum atomic E-state index is -0.791. The molecule has 2 bridgehead atoms. The van der Waals surface area contributed by atoms with Gasteiger partial charge in [0.15, 0.2) is 5.82 Å². The molecule has 144 valence electrons. The van der Waals surface area contributed by atoms with E-state index in [1.807, 2.05) is 48.5 Å². The molecule has 0 radical (unpaired) electrons. The van der Waals surface area contributed by atoms with Crippen molar-refractivity contribution in [1.29, 1.82) is 0 Å². The number of nitrogens with zero attached hydrogens (tertiary/aromatic N) is 2. The molecule has 1 aliphatic heterocycles. The fraction of sp³-hybridized carbons (Fsp3) is 0.227. The minimum absolute atomic E-state index is 0.242. The van der Waals surface area contributed by atoms with E-state index in [0.717, 1.165) is 22.3 Å². The zero-order chi connectivity index (χ0) is 20.1. The summed E-state index contributed by atoms with van der Waals surface area (Å²) < 4.78 is 3.57. The fourth-order valence-corrected chi connectivity index (χ4v) is 7.65. The Morgan fingerprint density at radius 1 is 0.862 bits per heavy atom. The molecule has 0 saturated carbocycles. The SMILES string of the molecule is Cc1cc(N2C(=O)[C@@H]3[C@H](C2=O)C2(Br)c4ccccc4C3(Br)c3ccccc32)no1. The van der Waals surface area contributed by atoms with Crippen LogP contribution < -0.4 is 4.90 Å². The van der Waals surface area contributed by atoms with Crippen molar-refractivity contribution in [3.8, 4) is 0 Å². The number of hydrogen-bond acceptors (Lipinski definition) is 4. The number of rotatable bonds is 1. The summed E-state index contributed by atoms with van der Waals surface area (Å²) in [5.74, 6) is -0.942. The summed E-state index contributed by atoms with van der Waals surface area (Å²) >= 11 is 7.94. The van der Waals surface area contributed by atoms with Crippen molar-refractivity contribution in [1.82, 2.24) is 5.16 Å². The third-order valence-electron chi connectivity index (χ3n) is 6.43. The van der Waals surface area contributed by atoms with Gasteiger partial charge in [-0.15, -0.1) is 0 Å². The molecular formula is C22H14Br2N2O3. The molecule has 0 N–H and O–H groups in total. The number of amides is 2. The third kappa shape index (κ3) is 1.84. The van der Waals surface area contributed by atoms with Crippen LogP contribution in [0.25, 0.3) is 0 Å². The maximum atomic E-state index is 13.7. The highest BCUT2D eigenvalue weighted by atomic mass is 79.9. The lowest BCUT2D eigenvalue weighted by molar-refractivity contribution is -0.122. The third-order valence-corrected chi connectivity index (χ3v) is 9.13. The van der Waals surface area contributed by atoms with Gasteiger partial charge in [0.25, 0.3) is 0 Å². The predicted molar refractivity (Wildman–Crippen MR) is 113 cm³/mol. The predicted octanol–water partition coefficient (Wildman–Crippen LogP) is 4.39. The van der Waals surface area contributed by atoms with Gasteiger partial charge in [-0.05, 0) is 29.2 Å². The second-order valence-corrected chi connectivity index (χ2v) is 10.3. The number of hydrogen-bond donors (Lipinski definition) is 0. The Kier molecular flexibility index (Phi) is 3.31. The average Bonchev–Trinajstić information content (AvgIpc) is 3.26. The van der Waals surface area contributed by atoms with Gasteiger partial charge in [0.05, 0.1) is 20.5 Å². The van der Waals surface area contributed by atoms with Gasteiger partial charge in [0, 0.05) is 6.07 Å². The molecule has 1 aromatic heterocycles. The Hall–Kier alpha value is -2.25. The van der Waals surface area contributed by atoms with Crippen LogP contribution in [0.3, 0.4) is 0 Å². The minimum Gasteiger partial charge on any atom is -0.360 e. The topological polar surface area (TPSA) is 63.4 Å². The summed E-state index contributed by atoms with van der Waals surface area (Å²) in [6.07, 6.45) is 0. The van der Waals surface area contributed by atoms with Crippen LogP contribution in [0.4, 0.5) is 5.82 Å². The highest BCUT2D eigenvalue weighted by molar-refractivity contribution is 9.10. The fourth-order valence-electron chi connectivity index (χ4n) is 5.35. The molecule has 2 heterocycles. The van der Waals surface area contributed by atoms with E-state index in [9.17, 15) is 9.59 Å². The van der Waals surface area contributed by atoms with E-state index in [1.165, 1.54) is 4.90 Å². The zero-order valence-electron chi connectivity index (χ0n) is 15.2. The first-order chi connectivity index (χ1) is 13.9. The van der Waals surface area contributed by atoms with E-state index >= 15 is 0 Å². The summed E-state index contributed by atoms with van der Waals surface area (Å²) in [4.78, 5) is 28.6. The molecule has 2 atom stereocenters. The van der Waals surface area contributed by atoms with E-state index < -0.39 is 20.5 Å². The van der Waals surface area contributed by atoms with E-state index in [0.29, 0.717) is 5.76 Å². The monoisotopic (exact) mass is 512 g/mol. The molecule has 2 aromatic carbocycles. The summed E-state index contributed by atoms with van der Waals surface area (Å²) in [5.41, 5.74) is 4.04. The van der Waals surface area contributed by atoms with Crippen molar-refractivity contribution in [2.45, 2.75) is 15.6 Å². The molecule has 4 aliphatic rings. The molecule has 1 fully saturated rings. The molecule has 3 aliphatic carbocycles. The van der Waals surface area contributed by atoms with Crippen molar-refractivity contribution in [2.24, 2.45) is 11.8 Å². The number of aryl methyl sites for hydroxylation is 1. The van der Waals surface area contributed by atoms with Gasteiger partial charge in [-0.2, -0.15) is 0 Å². The summed E-state index contributed by atoms with van der Waals surface area (Å²) in [7, 11) is 0. The Balaban J connectivity index is 1.68. The van der Waals surface area contributed by atoms with Crippen molar-refractivity contribution in [3.05, 3.63) is 82.6 Å². The zero-order valence-corrected chi connectivity index (χ0v) is 18.4.